The lowest BCUT2D eigenvalue weighted by Crippen LogP contribution is -2.32. The number of halogens is 1. The fourth-order valence-corrected chi connectivity index (χ4v) is 3.14. The van der Waals surface area contributed by atoms with Crippen LogP contribution in [0.4, 0.5) is 5.69 Å². The fourth-order valence-electron chi connectivity index (χ4n) is 2.84. The number of amidine groups is 1. The number of hydrogen-bond acceptors (Lipinski definition) is 2. The van der Waals surface area contributed by atoms with Crippen LogP contribution in [0.5, 0.6) is 0 Å². The van der Waals surface area contributed by atoms with Gasteiger partial charge >= 0.3 is 0 Å². The van der Waals surface area contributed by atoms with Crippen molar-refractivity contribution in [3.8, 4) is 0 Å². The zero-order chi connectivity index (χ0) is 12.7. The Morgan fingerprint density at radius 2 is 2.06 bits per heavy atom. The van der Waals surface area contributed by atoms with Crippen molar-refractivity contribution in [2.45, 2.75) is 46.1 Å². The normalized spacial score (nSPS) is 18.8. The van der Waals surface area contributed by atoms with Crippen molar-refractivity contribution < 1.29 is 0 Å². The third-order valence-corrected chi connectivity index (χ3v) is 4.65. The molecule has 3 heteroatoms. The monoisotopic (exact) mass is 262 g/mol. The topological polar surface area (TPSA) is 15.6 Å². The van der Waals surface area contributed by atoms with Crippen LogP contribution in [0.3, 0.4) is 0 Å². The zero-order valence-electron chi connectivity index (χ0n) is 11.1. The van der Waals surface area contributed by atoms with Crippen molar-refractivity contribution in [3.63, 3.8) is 0 Å². The SMILES string of the molecule is Cc1cc2c(c(Cl)c1C)CN1CCCCCC1=N2. The molecule has 18 heavy (non-hydrogen) atoms. The summed E-state index contributed by atoms with van der Waals surface area (Å²) in [6.07, 6.45) is 4.97. The second kappa shape index (κ2) is 4.58. The third-order valence-electron chi connectivity index (χ3n) is 4.14. The molecular formula is C15H19ClN2. The van der Waals surface area contributed by atoms with Crippen LogP contribution >= 0.6 is 11.6 Å². The van der Waals surface area contributed by atoms with Crippen molar-refractivity contribution >= 4 is 23.1 Å². The van der Waals surface area contributed by atoms with Gasteiger partial charge in [-0.25, -0.2) is 4.99 Å². The largest absolute Gasteiger partial charge is 0.356 e. The van der Waals surface area contributed by atoms with Gasteiger partial charge in [-0.1, -0.05) is 18.0 Å². The van der Waals surface area contributed by atoms with Gasteiger partial charge in [-0.05, 0) is 43.9 Å². The Morgan fingerprint density at radius 3 is 2.89 bits per heavy atom. The van der Waals surface area contributed by atoms with E-state index in [9.17, 15) is 0 Å². The first-order valence-electron chi connectivity index (χ1n) is 6.78. The number of nitrogens with zero attached hydrogens (tertiary/aromatic N) is 2. The van der Waals surface area contributed by atoms with E-state index in [1.165, 1.54) is 41.8 Å². The predicted octanol–water partition coefficient (Wildman–Crippen LogP) is 4.38. The molecule has 0 radical (unpaired) electrons. The van der Waals surface area contributed by atoms with Gasteiger partial charge in [0.1, 0.15) is 5.84 Å². The average Bonchev–Trinajstić information content (AvgIpc) is 2.59. The second-order valence-corrected chi connectivity index (χ2v) is 5.77. The van der Waals surface area contributed by atoms with E-state index >= 15 is 0 Å². The number of hydrogen-bond donors (Lipinski definition) is 0. The van der Waals surface area contributed by atoms with Crippen LogP contribution in [0.15, 0.2) is 11.1 Å². The van der Waals surface area contributed by atoms with E-state index < -0.39 is 0 Å². The molecule has 1 aromatic carbocycles. The van der Waals surface area contributed by atoms with Crippen LogP contribution in [0.2, 0.25) is 5.02 Å². The molecule has 2 heterocycles. The smallest absolute Gasteiger partial charge is 0.105 e. The van der Waals surface area contributed by atoms with Gasteiger partial charge in [0, 0.05) is 25.1 Å². The zero-order valence-corrected chi connectivity index (χ0v) is 11.8. The molecule has 0 atom stereocenters. The standard InChI is InChI=1S/C15H19ClN2/c1-10-8-13-12(15(16)11(10)2)9-18-7-5-3-4-6-14(18)17-13/h8H,3-7,9H2,1-2H3. The van der Waals surface area contributed by atoms with Gasteiger partial charge in [-0.15, -0.1) is 0 Å². The highest BCUT2D eigenvalue weighted by Crippen LogP contribution is 2.37. The maximum atomic E-state index is 6.49. The molecule has 2 aliphatic rings. The minimum atomic E-state index is 0.914. The van der Waals surface area contributed by atoms with Crippen molar-refractivity contribution in [1.82, 2.24) is 4.90 Å². The van der Waals surface area contributed by atoms with Gasteiger partial charge in [0.05, 0.1) is 10.7 Å². The molecule has 0 amide bonds. The van der Waals surface area contributed by atoms with Gasteiger partial charge in [-0.3, -0.25) is 0 Å². The second-order valence-electron chi connectivity index (χ2n) is 5.39. The minimum absolute atomic E-state index is 0.914. The molecule has 1 aromatic rings. The summed E-state index contributed by atoms with van der Waals surface area (Å²) in [6, 6.07) is 2.19. The number of benzene rings is 1. The van der Waals surface area contributed by atoms with Crippen LogP contribution in [-0.4, -0.2) is 17.3 Å². The molecule has 0 bridgehead atoms. The summed E-state index contributed by atoms with van der Waals surface area (Å²) >= 11 is 6.49. The summed E-state index contributed by atoms with van der Waals surface area (Å²) < 4.78 is 0. The summed E-state index contributed by atoms with van der Waals surface area (Å²) in [7, 11) is 0. The van der Waals surface area contributed by atoms with E-state index in [-0.39, 0.29) is 0 Å². The van der Waals surface area contributed by atoms with E-state index in [0.29, 0.717) is 0 Å². The maximum Gasteiger partial charge on any atom is 0.105 e. The lowest BCUT2D eigenvalue weighted by molar-refractivity contribution is 0.403. The number of rotatable bonds is 0. The average molecular weight is 263 g/mol. The molecule has 0 N–H and O–H groups in total. The molecule has 2 aliphatic heterocycles. The first-order valence-corrected chi connectivity index (χ1v) is 7.15. The van der Waals surface area contributed by atoms with Crippen LogP contribution in [0, 0.1) is 13.8 Å². The molecule has 96 valence electrons. The summed E-state index contributed by atoms with van der Waals surface area (Å²) in [5.74, 6) is 1.26. The van der Waals surface area contributed by atoms with E-state index in [2.05, 4.69) is 24.8 Å². The molecule has 1 fully saturated rings. The van der Waals surface area contributed by atoms with E-state index in [1.54, 1.807) is 0 Å². The number of aryl methyl sites for hydroxylation is 1. The molecule has 2 nitrogen and oxygen atoms in total. The van der Waals surface area contributed by atoms with Gasteiger partial charge in [-0.2, -0.15) is 0 Å². The number of aliphatic imine (C=N–C) groups is 1. The predicted molar refractivity (Wildman–Crippen MR) is 76.9 cm³/mol. The van der Waals surface area contributed by atoms with Crippen LogP contribution in [-0.2, 0) is 6.54 Å². The molecule has 0 unspecified atom stereocenters. The van der Waals surface area contributed by atoms with Crippen LogP contribution in [0.1, 0.15) is 42.4 Å². The Balaban J connectivity index is 2.09. The summed E-state index contributed by atoms with van der Waals surface area (Å²) in [5, 5.41) is 0.914. The molecule has 0 aliphatic carbocycles. The van der Waals surface area contributed by atoms with Gasteiger partial charge in [0.25, 0.3) is 0 Å². The Bertz CT molecular complexity index is 520. The Labute approximate surface area is 114 Å². The molecular weight excluding hydrogens is 244 g/mol. The Morgan fingerprint density at radius 1 is 1.22 bits per heavy atom. The lowest BCUT2D eigenvalue weighted by Gasteiger charge is -2.30. The van der Waals surface area contributed by atoms with Gasteiger partial charge in [0.15, 0.2) is 0 Å². The van der Waals surface area contributed by atoms with Crippen molar-refractivity contribution in [3.05, 3.63) is 27.8 Å². The van der Waals surface area contributed by atoms with Gasteiger partial charge in [0.2, 0.25) is 0 Å². The quantitative estimate of drug-likeness (QED) is 0.678. The van der Waals surface area contributed by atoms with E-state index in [4.69, 9.17) is 16.6 Å². The highest BCUT2D eigenvalue weighted by molar-refractivity contribution is 6.32. The number of fused-ring (bicyclic) bond motifs is 2. The van der Waals surface area contributed by atoms with Crippen LogP contribution in [0.25, 0.3) is 0 Å². The van der Waals surface area contributed by atoms with Crippen molar-refractivity contribution in [2.75, 3.05) is 6.54 Å². The van der Waals surface area contributed by atoms with Crippen LogP contribution < -0.4 is 0 Å². The molecule has 0 saturated carbocycles. The maximum absolute atomic E-state index is 6.49. The highest BCUT2D eigenvalue weighted by Gasteiger charge is 2.24. The Hall–Kier alpha value is -1.02. The lowest BCUT2D eigenvalue weighted by atomic mass is 10.0. The third kappa shape index (κ3) is 1.93. The Kier molecular flexibility index (Phi) is 3.06. The molecule has 1 saturated heterocycles. The van der Waals surface area contributed by atoms with E-state index in [1.807, 2.05) is 0 Å². The molecule has 3 rings (SSSR count). The summed E-state index contributed by atoms with van der Waals surface area (Å²) in [6.45, 7) is 6.27. The molecule has 0 spiro atoms. The summed E-state index contributed by atoms with van der Waals surface area (Å²) in [5.41, 5.74) is 4.75. The molecule has 0 aromatic heterocycles. The fraction of sp³-hybridized carbons (Fsp3) is 0.533. The highest BCUT2D eigenvalue weighted by atomic mass is 35.5. The first-order chi connectivity index (χ1) is 8.66. The van der Waals surface area contributed by atoms with Crippen molar-refractivity contribution in [2.24, 2.45) is 4.99 Å². The van der Waals surface area contributed by atoms with Crippen molar-refractivity contribution in [1.29, 1.82) is 0 Å². The van der Waals surface area contributed by atoms with E-state index in [0.717, 1.165) is 30.2 Å². The first kappa shape index (κ1) is 12.0. The summed E-state index contributed by atoms with van der Waals surface area (Å²) in [4.78, 5) is 7.26. The van der Waals surface area contributed by atoms with Gasteiger partial charge < -0.3 is 4.90 Å². The minimum Gasteiger partial charge on any atom is -0.356 e.